The van der Waals surface area contributed by atoms with Crippen molar-refractivity contribution < 1.29 is 13.9 Å². The third kappa shape index (κ3) is 4.23. The summed E-state index contributed by atoms with van der Waals surface area (Å²) in [5.41, 5.74) is 1.92. The second-order valence-corrected chi connectivity index (χ2v) is 7.00. The van der Waals surface area contributed by atoms with Crippen molar-refractivity contribution in [2.45, 2.75) is 20.3 Å². The largest absolute Gasteiger partial charge is 0.469 e. The maximum atomic E-state index is 13.3. The predicted molar refractivity (Wildman–Crippen MR) is 104 cm³/mol. The molecule has 2 aromatic rings. The van der Waals surface area contributed by atoms with E-state index in [-0.39, 0.29) is 23.6 Å². The summed E-state index contributed by atoms with van der Waals surface area (Å²) < 4.78 is 18.2. The van der Waals surface area contributed by atoms with Gasteiger partial charge in [-0.05, 0) is 43.0 Å². The number of aliphatic imine (C=N–C) groups is 1. The number of aromatic nitrogens is 1. The number of hydrogen-bond acceptors (Lipinski definition) is 3. The topological polar surface area (TPSA) is 69.7 Å². The number of H-pyrrole nitrogens is 1. The first-order valence-electron chi connectivity index (χ1n) is 9.40. The normalized spacial score (nSPS) is 20.3. The summed E-state index contributed by atoms with van der Waals surface area (Å²) in [4.78, 5) is 21.9. The van der Waals surface area contributed by atoms with Crippen LogP contribution in [0, 0.1) is 17.7 Å². The van der Waals surface area contributed by atoms with Crippen molar-refractivity contribution in [3.05, 3.63) is 35.8 Å². The summed E-state index contributed by atoms with van der Waals surface area (Å²) in [5, 5.41) is 4.34. The van der Waals surface area contributed by atoms with E-state index in [2.05, 4.69) is 22.1 Å². The molecule has 6 nitrogen and oxygen atoms in total. The lowest BCUT2D eigenvalue weighted by molar-refractivity contribution is -0.145. The maximum absolute atomic E-state index is 13.3. The molecule has 0 amide bonds. The fraction of sp³-hybridized carbons (Fsp3) is 0.500. The Morgan fingerprint density at radius 3 is 3.00 bits per heavy atom. The maximum Gasteiger partial charge on any atom is 0.310 e. The zero-order chi connectivity index (χ0) is 19.4. The zero-order valence-corrected chi connectivity index (χ0v) is 16.1. The van der Waals surface area contributed by atoms with Crippen molar-refractivity contribution in [3.63, 3.8) is 0 Å². The third-order valence-corrected chi connectivity index (χ3v) is 5.12. The molecule has 7 heteroatoms. The van der Waals surface area contributed by atoms with Crippen molar-refractivity contribution in [2.24, 2.45) is 16.8 Å². The Kier molecular flexibility index (Phi) is 5.98. The van der Waals surface area contributed by atoms with Gasteiger partial charge in [0.2, 0.25) is 0 Å². The average Bonchev–Trinajstić information content (AvgIpc) is 3.23. The molecule has 1 aromatic heterocycles. The molecular weight excluding hydrogens is 347 g/mol. The highest BCUT2D eigenvalue weighted by molar-refractivity contribution is 5.84. The molecule has 0 radical (unpaired) electrons. The molecule has 2 unspecified atom stereocenters. The molecular formula is C20H27FN4O2. The molecule has 1 aliphatic rings. The SMILES string of the molecule is CCNC(=NCCc1c[nH]c2cc(F)ccc12)N1CC(C)C(C(=O)OC)C1. The molecule has 2 atom stereocenters. The van der Waals surface area contributed by atoms with Gasteiger partial charge in [0.15, 0.2) is 5.96 Å². The molecule has 0 spiro atoms. The van der Waals surface area contributed by atoms with E-state index in [1.54, 1.807) is 6.07 Å². The fourth-order valence-electron chi connectivity index (χ4n) is 3.67. The predicted octanol–water partition coefficient (Wildman–Crippen LogP) is 2.56. The number of nitrogens with one attached hydrogen (secondary N) is 2. The van der Waals surface area contributed by atoms with E-state index < -0.39 is 0 Å². The van der Waals surface area contributed by atoms with E-state index in [9.17, 15) is 9.18 Å². The van der Waals surface area contributed by atoms with Gasteiger partial charge in [-0.2, -0.15) is 0 Å². The number of ether oxygens (including phenoxy) is 1. The molecule has 1 fully saturated rings. The molecule has 1 saturated heterocycles. The van der Waals surface area contributed by atoms with Crippen molar-refractivity contribution in [1.29, 1.82) is 0 Å². The highest BCUT2D eigenvalue weighted by Crippen LogP contribution is 2.24. The van der Waals surface area contributed by atoms with E-state index in [0.717, 1.165) is 41.9 Å². The number of fused-ring (bicyclic) bond motifs is 1. The van der Waals surface area contributed by atoms with E-state index in [1.807, 2.05) is 13.1 Å². The van der Waals surface area contributed by atoms with Gasteiger partial charge in [0, 0.05) is 43.3 Å². The molecule has 0 aliphatic carbocycles. The van der Waals surface area contributed by atoms with Gasteiger partial charge in [-0.25, -0.2) is 4.39 Å². The van der Waals surface area contributed by atoms with Crippen molar-refractivity contribution in [1.82, 2.24) is 15.2 Å². The Morgan fingerprint density at radius 2 is 2.26 bits per heavy atom. The first-order chi connectivity index (χ1) is 13.0. The number of rotatable bonds is 5. The Labute approximate surface area is 158 Å². The number of guanidine groups is 1. The Balaban J connectivity index is 1.68. The highest BCUT2D eigenvalue weighted by atomic mass is 19.1. The number of esters is 1. The summed E-state index contributed by atoms with van der Waals surface area (Å²) in [6, 6.07) is 4.78. The summed E-state index contributed by atoms with van der Waals surface area (Å²) in [5.74, 6) is 0.521. The minimum Gasteiger partial charge on any atom is -0.469 e. The van der Waals surface area contributed by atoms with Gasteiger partial charge in [0.25, 0.3) is 0 Å². The van der Waals surface area contributed by atoms with Crippen LogP contribution >= 0.6 is 0 Å². The van der Waals surface area contributed by atoms with Crippen LogP contribution in [0.25, 0.3) is 10.9 Å². The number of hydrogen-bond donors (Lipinski definition) is 2. The lowest BCUT2D eigenvalue weighted by Crippen LogP contribution is -2.40. The molecule has 0 bridgehead atoms. The number of benzene rings is 1. The van der Waals surface area contributed by atoms with Gasteiger partial charge in [-0.3, -0.25) is 9.79 Å². The molecule has 0 saturated carbocycles. The van der Waals surface area contributed by atoms with Crippen LogP contribution in [-0.4, -0.2) is 55.1 Å². The van der Waals surface area contributed by atoms with Crippen LogP contribution in [0.2, 0.25) is 0 Å². The van der Waals surface area contributed by atoms with Gasteiger partial charge in [0.1, 0.15) is 5.82 Å². The number of aromatic amines is 1. The summed E-state index contributed by atoms with van der Waals surface area (Å²) in [7, 11) is 1.43. The average molecular weight is 374 g/mol. The van der Waals surface area contributed by atoms with Gasteiger partial charge in [-0.15, -0.1) is 0 Å². The molecule has 2 heterocycles. The number of carbonyl (C=O) groups is 1. The molecule has 2 N–H and O–H groups in total. The first kappa shape index (κ1) is 19.2. The van der Waals surface area contributed by atoms with Gasteiger partial charge in [0.05, 0.1) is 13.0 Å². The number of likely N-dealkylation sites (tertiary alicyclic amines) is 1. The van der Waals surface area contributed by atoms with E-state index >= 15 is 0 Å². The van der Waals surface area contributed by atoms with Gasteiger partial charge < -0.3 is 19.9 Å². The lowest BCUT2D eigenvalue weighted by atomic mass is 9.99. The number of methoxy groups -OCH3 is 1. The van der Waals surface area contributed by atoms with Crippen molar-refractivity contribution >= 4 is 22.8 Å². The fourth-order valence-corrected chi connectivity index (χ4v) is 3.67. The standard InChI is InChI=1S/C20H27FN4O2/c1-4-22-20(25-11-13(2)17(12-25)19(26)27-3)23-8-7-14-10-24-18-9-15(21)5-6-16(14)18/h5-6,9-10,13,17,24H,4,7-8,11-12H2,1-3H3,(H,22,23). The molecule has 1 aromatic carbocycles. The molecule has 146 valence electrons. The van der Waals surface area contributed by atoms with Crippen LogP contribution in [-0.2, 0) is 16.0 Å². The monoisotopic (exact) mass is 374 g/mol. The first-order valence-corrected chi connectivity index (χ1v) is 9.40. The summed E-state index contributed by atoms with van der Waals surface area (Å²) in [6.45, 7) is 6.86. The minimum absolute atomic E-state index is 0.123. The second kappa shape index (κ2) is 8.41. The Bertz CT molecular complexity index is 832. The molecule has 1 aliphatic heterocycles. The number of carbonyl (C=O) groups excluding carboxylic acids is 1. The Morgan fingerprint density at radius 1 is 1.44 bits per heavy atom. The van der Waals surface area contributed by atoms with Crippen LogP contribution in [0.3, 0.4) is 0 Å². The van der Waals surface area contributed by atoms with E-state index in [1.165, 1.54) is 19.2 Å². The van der Waals surface area contributed by atoms with Crippen LogP contribution in [0.1, 0.15) is 19.4 Å². The smallest absolute Gasteiger partial charge is 0.310 e. The van der Waals surface area contributed by atoms with Gasteiger partial charge >= 0.3 is 5.97 Å². The van der Waals surface area contributed by atoms with E-state index in [0.29, 0.717) is 13.1 Å². The van der Waals surface area contributed by atoms with Crippen molar-refractivity contribution in [2.75, 3.05) is 33.3 Å². The molecule has 3 rings (SSSR count). The van der Waals surface area contributed by atoms with Crippen LogP contribution in [0.5, 0.6) is 0 Å². The number of halogens is 1. The highest BCUT2D eigenvalue weighted by Gasteiger charge is 2.36. The van der Waals surface area contributed by atoms with Gasteiger partial charge in [-0.1, -0.05) is 6.92 Å². The summed E-state index contributed by atoms with van der Waals surface area (Å²) >= 11 is 0. The van der Waals surface area contributed by atoms with Crippen LogP contribution < -0.4 is 5.32 Å². The van der Waals surface area contributed by atoms with E-state index in [4.69, 9.17) is 9.73 Å². The second-order valence-electron chi connectivity index (χ2n) is 7.00. The van der Waals surface area contributed by atoms with Crippen molar-refractivity contribution in [3.8, 4) is 0 Å². The zero-order valence-electron chi connectivity index (χ0n) is 16.1. The number of nitrogens with zero attached hydrogens (tertiary/aromatic N) is 2. The Hall–Kier alpha value is -2.57. The van der Waals surface area contributed by atoms with Crippen LogP contribution in [0.15, 0.2) is 29.4 Å². The quantitative estimate of drug-likeness (QED) is 0.479. The third-order valence-electron chi connectivity index (χ3n) is 5.12. The lowest BCUT2D eigenvalue weighted by Gasteiger charge is -2.21. The van der Waals surface area contributed by atoms with Crippen LogP contribution in [0.4, 0.5) is 4.39 Å². The summed E-state index contributed by atoms with van der Waals surface area (Å²) in [6.07, 6.45) is 2.67. The minimum atomic E-state index is -0.244. The molecule has 27 heavy (non-hydrogen) atoms.